The van der Waals surface area contributed by atoms with E-state index < -0.39 is 44.4 Å². The molecule has 0 saturated carbocycles. The fourth-order valence-electron chi connectivity index (χ4n) is 2.73. The molecule has 0 amide bonds. The largest absolute Gasteiger partial charge is 0.416 e. The first kappa shape index (κ1) is 24.6. The van der Waals surface area contributed by atoms with Crippen LogP contribution in [0, 0.1) is 0 Å². The molecule has 4 N–H and O–H groups in total. The number of oxime groups is 1. The Morgan fingerprint density at radius 3 is 2.27 bits per heavy atom. The van der Waals surface area contributed by atoms with E-state index >= 15 is 0 Å². The van der Waals surface area contributed by atoms with Gasteiger partial charge in [-0.25, -0.2) is 9.48 Å². The number of carbonyl (C=O) groups excluding carboxylic acids is 1. The smallest absolute Gasteiger partial charge is 0.383 e. The Hall–Kier alpha value is -3.09. The minimum absolute atomic E-state index is 0.112. The van der Waals surface area contributed by atoms with Gasteiger partial charge in [0.2, 0.25) is 0 Å². The number of alkyl halides is 3. The summed E-state index contributed by atoms with van der Waals surface area (Å²) in [6.07, 6.45) is -3.43. The van der Waals surface area contributed by atoms with Crippen molar-refractivity contribution in [3.05, 3.63) is 69.3 Å². The summed E-state index contributed by atoms with van der Waals surface area (Å²) >= 11 is 12.1. The summed E-state index contributed by atoms with van der Waals surface area (Å²) in [5, 5.41) is 6.74. The number of carbonyl (C=O) groups is 1. The first-order valence-corrected chi connectivity index (χ1v) is 11.1. The zero-order chi connectivity index (χ0) is 24.5. The van der Waals surface area contributed by atoms with Crippen molar-refractivity contribution in [3.8, 4) is 5.69 Å². The molecule has 0 aliphatic heterocycles. The molecule has 1 heterocycles. The molecule has 0 aliphatic carbocycles. The van der Waals surface area contributed by atoms with E-state index in [-0.39, 0.29) is 27.7 Å². The van der Waals surface area contributed by atoms with Gasteiger partial charge in [0.1, 0.15) is 22.1 Å². The van der Waals surface area contributed by atoms with E-state index in [0.29, 0.717) is 12.1 Å². The van der Waals surface area contributed by atoms with Crippen LogP contribution in [0.15, 0.2) is 52.5 Å². The van der Waals surface area contributed by atoms with Crippen molar-refractivity contribution in [2.75, 3.05) is 12.0 Å². The normalized spacial score (nSPS) is 13.1. The fraction of sp³-hybridized carbons (Fsp3) is 0.105. The lowest BCUT2D eigenvalue weighted by Gasteiger charge is -2.13. The van der Waals surface area contributed by atoms with Crippen LogP contribution >= 0.6 is 23.2 Å². The third-order valence-electron chi connectivity index (χ3n) is 4.20. The Morgan fingerprint density at radius 1 is 1.18 bits per heavy atom. The van der Waals surface area contributed by atoms with Crippen molar-refractivity contribution in [1.82, 2.24) is 9.78 Å². The first-order chi connectivity index (χ1) is 15.4. The molecule has 33 heavy (non-hydrogen) atoms. The van der Waals surface area contributed by atoms with Crippen molar-refractivity contribution < 1.29 is 27.0 Å². The number of benzene rings is 2. The van der Waals surface area contributed by atoms with E-state index in [4.69, 9.17) is 39.5 Å². The van der Waals surface area contributed by atoms with Crippen LogP contribution in [-0.4, -0.2) is 32.1 Å². The molecule has 0 radical (unpaired) electrons. The fourth-order valence-corrected chi connectivity index (χ4v) is 4.18. The monoisotopic (exact) mass is 519 g/mol. The molecule has 14 heteroatoms. The van der Waals surface area contributed by atoms with Crippen molar-refractivity contribution in [3.63, 3.8) is 0 Å². The molecule has 1 atom stereocenters. The van der Waals surface area contributed by atoms with Crippen molar-refractivity contribution in [1.29, 1.82) is 0 Å². The van der Waals surface area contributed by atoms with E-state index in [1.807, 2.05) is 0 Å². The summed E-state index contributed by atoms with van der Waals surface area (Å²) < 4.78 is 52.3. The maximum absolute atomic E-state index is 13.0. The Morgan fingerprint density at radius 2 is 1.76 bits per heavy atom. The zero-order valence-corrected chi connectivity index (χ0v) is 18.9. The number of hydrogen-bond donors (Lipinski definition) is 2. The van der Waals surface area contributed by atoms with Crippen LogP contribution in [0.2, 0.25) is 10.0 Å². The van der Waals surface area contributed by atoms with Gasteiger partial charge in [-0.2, -0.15) is 18.3 Å². The summed E-state index contributed by atoms with van der Waals surface area (Å²) in [4.78, 5) is 16.8. The molecular formula is C19H14Cl2F3N5O3S. The second-order valence-electron chi connectivity index (χ2n) is 6.44. The van der Waals surface area contributed by atoms with E-state index in [0.717, 1.165) is 4.68 Å². The van der Waals surface area contributed by atoms with Gasteiger partial charge in [0, 0.05) is 6.26 Å². The van der Waals surface area contributed by atoms with Gasteiger partial charge >= 0.3 is 12.1 Å². The third-order valence-corrected chi connectivity index (χ3v) is 5.75. The summed E-state index contributed by atoms with van der Waals surface area (Å²) in [5.41, 5.74) is 10.6. The van der Waals surface area contributed by atoms with Crippen LogP contribution in [0.1, 0.15) is 21.6 Å². The highest BCUT2D eigenvalue weighted by molar-refractivity contribution is 7.84. The van der Waals surface area contributed by atoms with Crippen LogP contribution in [0.25, 0.3) is 5.69 Å². The number of amidine groups is 1. The standard InChI is InChI=1S/C19H14Cl2F3N5O3S/c1-33(31)15-13(16(25)28-32-18(30)9-5-3-2-4-6-9)27-29(17(15)26)14-11(20)7-10(8-12(14)21)19(22,23)24/h2-8H,26H2,1H3,(H2,25,28). The molecular weight excluding hydrogens is 506 g/mol. The highest BCUT2D eigenvalue weighted by atomic mass is 35.5. The maximum atomic E-state index is 13.0. The van der Waals surface area contributed by atoms with Gasteiger partial charge in [0.05, 0.1) is 32.0 Å². The van der Waals surface area contributed by atoms with Gasteiger partial charge in [-0.3, -0.25) is 4.21 Å². The lowest BCUT2D eigenvalue weighted by atomic mass is 10.2. The lowest BCUT2D eigenvalue weighted by molar-refractivity contribution is -0.137. The van der Waals surface area contributed by atoms with Crippen LogP contribution < -0.4 is 11.5 Å². The maximum Gasteiger partial charge on any atom is 0.416 e. The number of aromatic nitrogens is 2. The first-order valence-electron chi connectivity index (χ1n) is 8.80. The number of nitrogens with zero attached hydrogens (tertiary/aromatic N) is 3. The zero-order valence-electron chi connectivity index (χ0n) is 16.6. The highest BCUT2D eigenvalue weighted by Gasteiger charge is 2.33. The predicted octanol–water partition coefficient (Wildman–Crippen LogP) is 3.99. The summed E-state index contributed by atoms with van der Waals surface area (Å²) in [7, 11) is -1.78. The SMILES string of the molecule is CS(=O)c1c(/C(N)=N/OC(=O)c2ccccc2)nn(-c2c(Cl)cc(C(F)(F)F)cc2Cl)c1N. The van der Waals surface area contributed by atoms with E-state index in [9.17, 15) is 22.2 Å². The van der Waals surface area contributed by atoms with E-state index in [1.165, 1.54) is 18.4 Å². The number of halogens is 5. The minimum atomic E-state index is -4.69. The molecule has 3 aromatic rings. The number of anilines is 1. The third kappa shape index (κ3) is 5.13. The van der Waals surface area contributed by atoms with Gasteiger partial charge < -0.3 is 16.3 Å². The van der Waals surface area contributed by atoms with Crippen LogP contribution in [0.3, 0.4) is 0 Å². The number of rotatable bonds is 5. The number of nitrogens with two attached hydrogens (primary N) is 2. The van der Waals surface area contributed by atoms with Gasteiger partial charge in [-0.1, -0.05) is 46.6 Å². The summed E-state index contributed by atoms with van der Waals surface area (Å²) in [6.45, 7) is 0. The molecule has 174 valence electrons. The molecule has 0 spiro atoms. The molecule has 0 aliphatic rings. The second-order valence-corrected chi connectivity index (χ2v) is 8.57. The Labute approximate surface area is 197 Å². The van der Waals surface area contributed by atoms with E-state index in [2.05, 4.69) is 10.3 Å². The Kier molecular flexibility index (Phi) is 7.00. The molecule has 1 unspecified atom stereocenters. The summed E-state index contributed by atoms with van der Waals surface area (Å²) in [5.74, 6) is -1.55. The molecule has 2 aromatic carbocycles. The Balaban J connectivity index is 2.06. The average Bonchev–Trinajstić information content (AvgIpc) is 3.08. The van der Waals surface area contributed by atoms with Gasteiger partial charge in [-0.05, 0) is 24.3 Å². The molecule has 0 fully saturated rings. The van der Waals surface area contributed by atoms with Gasteiger partial charge in [0.15, 0.2) is 5.84 Å². The van der Waals surface area contributed by atoms with Crippen LogP contribution in [0.5, 0.6) is 0 Å². The molecule has 8 nitrogen and oxygen atoms in total. The predicted molar refractivity (Wildman–Crippen MR) is 118 cm³/mol. The molecule has 0 bridgehead atoms. The van der Waals surface area contributed by atoms with Gasteiger partial charge in [0.25, 0.3) is 0 Å². The van der Waals surface area contributed by atoms with Gasteiger partial charge in [-0.15, -0.1) is 0 Å². The van der Waals surface area contributed by atoms with Crippen molar-refractivity contribution in [2.24, 2.45) is 10.9 Å². The molecule has 3 rings (SSSR count). The second kappa shape index (κ2) is 9.41. The van der Waals surface area contributed by atoms with Crippen molar-refractivity contribution >= 4 is 51.6 Å². The minimum Gasteiger partial charge on any atom is -0.383 e. The summed E-state index contributed by atoms with van der Waals surface area (Å²) in [6, 6.07) is 9.19. The topological polar surface area (TPSA) is 126 Å². The van der Waals surface area contributed by atoms with Crippen molar-refractivity contribution in [2.45, 2.75) is 11.1 Å². The average molecular weight is 520 g/mol. The quantitative estimate of drug-likeness (QED) is 0.227. The lowest BCUT2D eigenvalue weighted by Crippen LogP contribution is -2.18. The molecule has 0 saturated heterocycles. The van der Waals surface area contributed by atoms with Crippen LogP contribution in [-0.2, 0) is 21.8 Å². The van der Waals surface area contributed by atoms with Crippen LogP contribution in [0.4, 0.5) is 19.0 Å². The Bertz CT molecular complexity index is 1260. The molecule has 1 aromatic heterocycles. The highest BCUT2D eigenvalue weighted by Crippen LogP contribution is 2.39. The number of nitrogen functional groups attached to an aromatic ring is 1. The number of hydrogen-bond acceptors (Lipinski definition) is 6. The van der Waals surface area contributed by atoms with E-state index in [1.54, 1.807) is 18.2 Å².